The first-order valence-electron chi connectivity index (χ1n) is 6.20. The minimum atomic E-state index is -0.366. The second kappa shape index (κ2) is 4.71. The predicted octanol–water partition coefficient (Wildman–Crippen LogP) is 3.28. The Hall–Kier alpha value is -2.80. The van der Waals surface area contributed by atoms with E-state index < -0.39 is 0 Å². The Morgan fingerprint density at radius 3 is 2.75 bits per heavy atom. The number of fused-ring (bicyclic) bond motifs is 1. The van der Waals surface area contributed by atoms with E-state index in [0.29, 0.717) is 23.4 Å². The van der Waals surface area contributed by atoms with Gasteiger partial charge in [-0.05, 0) is 35.7 Å². The Kier molecular flexibility index (Phi) is 2.88. The molecule has 0 aliphatic heterocycles. The van der Waals surface area contributed by atoms with Gasteiger partial charge < -0.3 is 10.3 Å². The first kappa shape index (κ1) is 12.2. The molecule has 0 saturated heterocycles. The van der Waals surface area contributed by atoms with Gasteiger partial charge in [-0.25, -0.2) is 4.39 Å². The van der Waals surface area contributed by atoms with Crippen LogP contribution >= 0.6 is 0 Å². The maximum Gasteiger partial charge on any atom is 0.129 e. The fraction of sp³-hybridized carbons (Fsp3) is 0.0625. The average Bonchev–Trinajstić information content (AvgIpc) is 2.83. The van der Waals surface area contributed by atoms with Crippen molar-refractivity contribution in [1.82, 2.24) is 4.57 Å². The Balaban J connectivity index is 2.01. The third-order valence-corrected chi connectivity index (χ3v) is 3.32. The molecule has 0 aliphatic rings. The van der Waals surface area contributed by atoms with Crippen LogP contribution in [0.5, 0.6) is 0 Å². The number of anilines is 1. The van der Waals surface area contributed by atoms with Crippen molar-refractivity contribution in [2.45, 2.75) is 6.54 Å². The van der Waals surface area contributed by atoms with Gasteiger partial charge in [0.05, 0.1) is 23.7 Å². The number of rotatable bonds is 2. The molecule has 20 heavy (non-hydrogen) atoms. The Bertz CT molecular complexity index is 827. The van der Waals surface area contributed by atoms with Gasteiger partial charge in [0.15, 0.2) is 0 Å². The number of hydrogen-bond donors (Lipinski definition) is 1. The highest BCUT2D eigenvalue weighted by Gasteiger charge is 2.07. The molecule has 0 saturated carbocycles. The zero-order valence-electron chi connectivity index (χ0n) is 10.7. The van der Waals surface area contributed by atoms with Crippen LogP contribution in [0.3, 0.4) is 0 Å². The minimum absolute atomic E-state index is 0.327. The second-order valence-electron chi connectivity index (χ2n) is 4.68. The van der Waals surface area contributed by atoms with Crippen molar-refractivity contribution >= 4 is 16.6 Å². The van der Waals surface area contributed by atoms with E-state index >= 15 is 0 Å². The first-order chi connectivity index (χ1) is 9.67. The molecule has 1 heterocycles. The summed E-state index contributed by atoms with van der Waals surface area (Å²) in [6.45, 7) is 0.407. The van der Waals surface area contributed by atoms with Crippen molar-refractivity contribution in [3.63, 3.8) is 0 Å². The molecule has 4 heteroatoms. The molecule has 2 N–H and O–H groups in total. The van der Waals surface area contributed by atoms with E-state index in [2.05, 4.69) is 0 Å². The summed E-state index contributed by atoms with van der Waals surface area (Å²) in [6.07, 6.45) is 1.90. The molecule has 3 nitrogen and oxygen atoms in total. The topological polar surface area (TPSA) is 54.7 Å². The standard InChI is InChI=1S/C16H12FN3/c17-15-7-11(9-18)1-2-13(15)10-20-6-5-12-3-4-14(19)8-16(12)20/h1-8H,10,19H2. The van der Waals surface area contributed by atoms with E-state index in [-0.39, 0.29) is 5.82 Å². The number of nitrogens with two attached hydrogens (primary N) is 1. The van der Waals surface area contributed by atoms with Crippen molar-refractivity contribution in [3.8, 4) is 6.07 Å². The normalized spacial score (nSPS) is 10.6. The van der Waals surface area contributed by atoms with Crippen LogP contribution in [0, 0.1) is 17.1 Å². The fourth-order valence-corrected chi connectivity index (χ4v) is 2.27. The molecule has 98 valence electrons. The lowest BCUT2D eigenvalue weighted by Gasteiger charge is -2.07. The van der Waals surface area contributed by atoms with Gasteiger partial charge in [0.25, 0.3) is 0 Å². The van der Waals surface area contributed by atoms with Crippen LogP contribution in [-0.2, 0) is 6.54 Å². The van der Waals surface area contributed by atoms with E-state index in [1.807, 2.05) is 41.1 Å². The number of benzene rings is 2. The van der Waals surface area contributed by atoms with Gasteiger partial charge in [0, 0.05) is 17.4 Å². The van der Waals surface area contributed by atoms with E-state index in [0.717, 1.165) is 10.9 Å². The quantitative estimate of drug-likeness (QED) is 0.723. The highest BCUT2D eigenvalue weighted by atomic mass is 19.1. The lowest BCUT2D eigenvalue weighted by atomic mass is 10.1. The maximum absolute atomic E-state index is 13.9. The molecular formula is C16H12FN3. The SMILES string of the molecule is N#Cc1ccc(Cn2ccc3ccc(N)cc32)c(F)c1. The summed E-state index contributed by atoms with van der Waals surface area (Å²) in [4.78, 5) is 0. The van der Waals surface area contributed by atoms with Gasteiger partial charge in [-0.15, -0.1) is 0 Å². The number of hydrogen-bond acceptors (Lipinski definition) is 2. The van der Waals surface area contributed by atoms with Crippen molar-refractivity contribution < 1.29 is 4.39 Å². The summed E-state index contributed by atoms with van der Waals surface area (Å²) in [6, 6.07) is 14.1. The Morgan fingerprint density at radius 1 is 1.15 bits per heavy atom. The molecule has 3 aromatic rings. The molecule has 3 rings (SSSR count). The van der Waals surface area contributed by atoms with Crippen LogP contribution in [0.4, 0.5) is 10.1 Å². The van der Waals surface area contributed by atoms with E-state index in [9.17, 15) is 4.39 Å². The van der Waals surface area contributed by atoms with E-state index in [1.54, 1.807) is 12.1 Å². The average molecular weight is 265 g/mol. The lowest BCUT2D eigenvalue weighted by Crippen LogP contribution is -2.01. The number of nitriles is 1. The number of halogens is 1. The number of nitrogen functional groups attached to an aromatic ring is 1. The van der Waals surface area contributed by atoms with E-state index in [4.69, 9.17) is 11.0 Å². The molecular weight excluding hydrogens is 253 g/mol. The number of nitrogens with zero attached hydrogens (tertiary/aromatic N) is 2. The highest BCUT2D eigenvalue weighted by molar-refractivity contribution is 5.83. The van der Waals surface area contributed by atoms with Crippen molar-refractivity contribution in [3.05, 3.63) is 65.6 Å². The summed E-state index contributed by atoms with van der Waals surface area (Å²) >= 11 is 0. The Labute approximate surface area is 115 Å². The summed E-state index contributed by atoms with van der Waals surface area (Å²) in [7, 11) is 0. The lowest BCUT2D eigenvalue weighted by molar-refractivity contribution is 0.601. The highest BCUT2D eigenvalue weighted by Crippen LogP contribution is 2.21. The summed E-state index contributed by atoms with van der Waals surface area (Å²) in [5.74, 6) is -0.366. The van der Waals surface area contributed by atoms with Crippen LogP contribution in [-0.4, -0.2) is 4.57 Å². The molecule has 0 amide bonds. The predicted molar refractivity (Wildman–Crippen MR) is 76.6 cm³/mol. The third-order valence-electron chi connectivity index (χ3n) is 3.32. The number of aromatic nitrogens is 1. The zero-order chi connectivity index (χ0) is 14.1. The molecule has 2 aromatic carbocycles. The maximum atomic E-state index is 13.9. The monoisotopic (exact) mass is 265 g/mol. The van der Waals surface area contributed by atoms with Crippen LogP contribution < -0.4 is 5.73 Å². The van der Waals surface area contributed by atoms with Gasteiger partial charge >= 0.3 is 0 Å². The van der Waals surface area contributed by atoms with Gasteiger partial charge in [-0.1, -0.05) is 12.1 Å². The smallest absolute Gasteiger partial charge is 0.129 e. The summed E-state index contributed by atoms with van der Waals surface area (Å²) in [5.41, 5.74) is 8.31. The summed E-state index contributed by atoms with van der Waals surface area (Å²) < 4.78 is 15.9. The van der Waals surface area contributed by atoms with Gasteiger partial charge in [0.1, 0.15) is 5.82 Å². The van der Waals surface area contributed by atoms with Crippen LogP contribution in [0.1, 0.15) is 11.1 Å². The molecule has 1 aromatic heterocycles. The van der Waals surface area contributed by atoms with Crippen molar-refractivity contribution in [2.75, 3.05) is 5.73 Å². The summed E-state index contributed by atoms with van der Waals surface area (Å²) in [5, 5.41) is 9.81. The minimum Gasteiger partial charge on any atom is -0.399 e. The Morgan fingerprint density at radius 2 is 2.00 bits per heavy atom. The molecule has 0 bridgehead atoms. The molecule has 0 aliphatic carbocycles. The molecule has 0 unspecified atom stereocenters. The van der Waals surface area contributed by atoms with Gasteiger partial charge in [-0.3, -0.25) is 0 Å². The zero-order valence-corrected chi connectivity index (χ0v) is 10.7. The van der Waals surface area contributed by atoms with Crippen LogP contribution in [0.15, 0.2) is 48.7 Å². The van der Waals surface area contributed by atoms with Crippen LogP contribution in [0.2, 0.25) is 0 Å². The molecule has 0 fully saturated rings. The van der Waals surface area contributed by atoms with Crippen LogP contribution in [0.25, 0.3) is 10.9 Å². The van der Waals surface area contributed by atoms with E-state index in [1.165, 1.54) is 6.07 Å². The van der Waals surface area contributed by atoms with Crippen molar-refractivity contribution in [1.29, 1.82) is 5.26 Å². The molecule has 0 radical (unpaired) electrons. The largest absolute Gasteiger partial charge is 0.399 e. The fourth-order valence-electron chi connectivity index (χ4n) is 2.27. The van der Waals surface area contributed by atoms with Gasteiger partial charge in [-0.2, -0.15) is 5.26 Å². The van der Waals surface area contributed by atoms with Gasteiger partial charge in [0.2, 0.25) is 0 Å². The van der Waals surface area contributed by atoms with Crippen molar-refractivity contribution in [2.24, 2.45) is 0 Å². The first-order valence-corrected chi connectivity index (χ1v) is 6.20. The molecule has 0 atom stereocenters. The molecule has 0 spiro atoms. The second-order valence-corrected chi connectivity index (χ2v) is 4.68. The third kappa shape index (κ3) is 2.10.